The Morgan fingerprint density at radius 3 is 2.63 bits per heavy atom. The molecule has 108 valence electrons. The summed E-state index contributed by atoms with van der Waals surface area (Å²) in [5.41, 5.74) is 1.01. The maximum absolute atomic E-state index is 11.9. The van der Waals surface area contributed by atoms with E-state index in [1.165, 1.54) is 0 Å². The molecule has 0 aliphatic carbocycles. The van der Waals surface area contributed by atoms with Gasteiger partial charge >= 0.3 is 0 Å². The van der Waals surface area contributed by atoms with Crippen LogP contribution in [-0.2, 0) is 16.4 Å². The molecular formula is C13H22N2O3S. The zero-order valence-electron chi connectivity index (χ0n) is 11.9. The van der Waals surface area contributed by atoms with Crippen LogP contribution in [-0.4, -0.2) is 37.6 Å². The van der Waals surface area contributed by atoms with Crippen LogP contribution in [0, 0.1) is 0 Å². The van der Waals surface area contributed by atoms with Gasteiger partial charge in [0.1, 0.15) is 0 Å². The van der Waals surface area contributed by atoms with Gasteiger partial charge in [-0.1, -0.05) is 0 Å². The molecule has 0 saturated heterocycles. The molecule has 0 fully saturated rings. The average molecular weight is 286 g/mol. The molecule has 1 rings (SSSR count). The molecule has 0 amide bonds. The van der Waals surface area contributed by atoms with Gasteiger partial charge in [-0.3, -0.25) is 0 Å². The molecule has 19 heavy (non-hydrogen) atoms. The maximum Gasteiger partial charge on any atom is 0.213 e. The zero-order valence-corrected chi connectivity index (χ0v) is 12.8. The van der Waals surface area contributed by atoms with Crippen molar-refractivity contribution in [2.24, 2.45) is 0 Å². The molecule has 0 aliphatic heterocycles. The zero-order chi connectivity index (χ0) is 14.5. The third-order valence-corrected chi connectivity index (χ3v) is 5.43. The lowest BCUT2D eigenvalue weighted by atomic mass is 10.2. The van der Waals surface area contributed by atoms with Crippen LogP contribution in [0.2, 0.25) is 0 Å². The maximum atomic E-state index is 11.9. The molecule has 1 aromatic heterocycles. The molecule has 1 N–H and O–H groups in total. The van der Waals surface area contributed by atoms with Crippen LogP contribution in [0.5, 0.6) is 5.88 Å². The van der Waals surface area contributed by atoms with Crippen molar-refractivity contribution in [1.29, 1.82) is 0 Å². The molecule has 0 aliphatic rings. The van der Waals surface area contributed by atoms with Crippen LogP contribution < -0.4 is 10.1 Å². The van der Waals surface area contributed by atoms with E-state index >= 15 is 0 Å². The molecule has 0 spiro atoms. The smallest absolute Gasteiger partial charge is 0.213 e. The Balaban J connectivity index is 2.43. The molecule has 0 bridgehead atoms. The van der Waals surface area contributed by atoms with Crippen molar-refractivity contribution in [3.63, 3.8) is 0 Å². The van der Waals surface area contributed by atoms with Gasteiger partial charge in [-0.2, -0.15) is 0 Å². The lowest BCUT2D eigenvalue weighted by Gasteiger charge is -2.19. The topological polar surface area (TPSA) is 68.3 Å². The van der Waals surface area contributed by atoms with Gasteiger partial charge < -0.3 is 10.1 Å². The largest absolute Gasteiger partial charge is 0.481 e. The minimum Gasteiger partial charge on any atom is -0.481 e. The van der Waals surface area contributed by atoms with Crippen molar-refractivity contribution in [2.45, 2.75) is 32.1 Å². The van der Waals surface area contributed by atoms with E-state index in [2.05, 4.69) is 10.3 Å². The van der Waals surface area contributed by atoms with E-state index in [1.54, 1.807) is 34.1 Å². The Hall–Kier alpha value is -1.14. The highest BCUT2D eigenvalue weighted by molar-refractivity contribution is 7.92. The van der Waals surface area contributed by atoms with Crippen LogP contribution in [0.15, 0.2) is 18.3 Å². The molecule has 0 atom stereocenters. The summed E-state index contributed by atoms with van der Waals surface area (Å²) in [6, 6.07) is 3.69. The summed E-state index contributed by atoms with van der Waals surface area (Å²) in [6.07, 6.45) is 1.67. The number of methoxy groups -OCH3 is 1. The van der Waals surface area contributed by atoms with E-state index in [0.29, 0.717) is 19.0 Å². The molecule has 0 saturated carbocycles. The lowest BCUT2D eigenvalue weighted by molar-refractivity contribution is 0.397. The number of pyridine rings is 1. The Morgan fingerprint density at radius 1 is 1.37 bits per heavy atom. The predicted octanol–water partition coefficient (Wildman–Crippen LogP) is 1.39. The summed E-state index contributed by atoms with van der Waals surface area (Å²) in [7, 11) is -1.50. The second-order valence-electron chi connectivity index (χ2n) is 5.31. The molecular weight excluding hydrogens is 264 g/mol. The van der Waals surface area contributed by atoms with Crippen molar-refractivity contribution in [2.75, 3.05) is 19.4 Å². The van der Waals surface area contributed by atoms with Crippen molar-refractivity contribution in [1.82, 2.24) is 10.3 Å². The van der Waals surface area contributed by atoms with Crippen molar-refractivity contribution < 1.29 is 13.2 Å². The summed E-state index contributed by atoms with van der Waals surface area (Å²) in [5, 5.41) is 3.12. The van der Waals surface area contributed by atoms with Crippen LogP contribution in [0.3, 0.4) is 0 Å². The van der Waals surface area contributed by atoms with Crippen LogP contribution in [0.25, 0.3) is 0 Å². The average Bonchev–Trinajstić information content (AvgIpc) is 2.33. The predicted molar refractivity (Wildman–Crippen MR) is 76.0 cm³/mol. The second-order valence-corrected chi connectivity index (χ2v) is 8.18. The fourth-order valence-electron chi connectivity index (χ4n) is 1.42. The Labute approximate surface area is 115 Å². The van der Waals surface area contributed by atoms with Gasteiger partial charge in [-0.15, -0.1) is 0 Å². The summed E-state index contributed by atoms with van der Waals surface area (Å²) in [6.45, 7) is 6.19. The number of nitrogens with one attached hydrogen (secondary N) is 1. The normalized spacial score (nSPS) is 12.4. The van der Waals surface area contributed by atoms with Crippen molar-refractivity contribution >= 4 is 9.84 Å². The fraction of sp³-hybridized carbons (Fsp3) is 0.615. The third-order valence-electron chi connectivity index (χ3n) is 2.82. The number of aromatic nitrogens is 1. The Kier molecular flexibility index (Phi) is 5.31. The molecule has 0 unspecified atom stereocenters. The van der Waals surface area contributed by atoms with Gasteiger partial charge in [0, 0.05) is 25.4 Å². The van der Waals surface area contributed by atoms with Crippen LogP contribution in [0.4, 0.5) is 0 Å². The minimum absolute atomic E-state index is 0.138. The summed E-state index contributed by atoms with van der Waals surface area (Å²) in [4.78, 5) is 4.01. The standard InChI is InChI=1S/C13H22N2O3S/c1-13(2,3)19(16,17)8-7-14-10-11-5-6-15-12(9-11)18-4/h5-6,9,14H,7-8,10H2,1-4H3. The number of sulfone groups is 1. The first-order valence-corrected chi connectivity index (χ1v) is 7.83. The number of nitrogens with zero attached hydrogens (tertiary/aromatic N) is 1. The van der Waals surface area contributed by atoms with E-state index in [4.69, 9.17) is 4.74 Å². The molecule has 6 heteroatoms. The van der Waals surface area contributed by atoms with E-state index in [0.717, 1.165) is 5.56 Å². The number of hydrogen-bond donors (Lipinski definition) is 1. The number of ether oxygens (including phenoxy) is 1. The van der Waals surface area contributed by atoms with E-state index < -0.39 is 14.6 Å². The Bertz CT molecular complexity index is 507. The SMILES string of the molecule is COc1cc(CNCCS(=O)(=O)C(C)(C)C)ccn1. The van der Waals surface area contributed by atoms with Gasteiger partial charge in [0.15, 0.2) is 9.84 Å². The van der Waals surface area contributed by atoms with Crippen LogP contribution >= 0.6 is 0 Å². The van der Waals surface area contributed by atoms with Gasteiger partial charge in [0.05, 0.1) is 17.6 Å². The van der Waals surface area contributed by atoms with Gasteiger partial charge in [-0.25, -0.2) is 13.4 Å². The highest BCUT2D eigenvalue weighted by Crippen LogP contribution is 2.15. The van der Waals surface area contributed by atoms with Crippen molar-refractivity contribution in [3.8, 4) is 5.88 Å². The monoisotopic (exact) mass is 286 g/mol. The highest BCUT2D eigenvalue weighted by atomic mass is 32.2. The second kappa shape index (κ2) is 6.34. The number of hydrogen-bond acceptors (Lipinski definition) is 5. The summed E-state index contributed by atoms with van der Waals surface area (Å²) < 4.78 is 28.1. The minimum atomic E-state index is -3.06. The molecule has 0 aromatic carbocycles. The summed E-state index contributed by atoms with van der Waals surface area (Å²) >= 11 is 0. The van der Waals surface area contributed by atoms with Gasteiger partial charge in [-0.05, 0) is 32.4 Å². The van der Waals surface area contributed by atoms with E-state index in [9.17, 15) is 8.42 Å². The highest BCUT2D eigenvalue weighted by Gasteiger charge is 2.27. The van der Waals surface area contributed by atoms with E-state index in [1.807, 2.05) is 12.1 Å². The summed E-state index contributed by atoms with van der Waals surface area (Å²) in [5.74, 6) is 0.695. The van der Waals surface area contributed by atoms with Gasteiger partial charge in [0.2, 0.25) is 5.88 Å². The quantitative estimate of drug-likeness (QED) is 0.800. The fourth-order valence-corrected chi connectivity index (χ4v) is 2.44. The first-order chi connectivity index (χ1) is 8.76. The molecule has 1 aromatic rings. The van der Waals surface area contributed by atoms with E-state index in [-0.39, 0.29) is 5.75 Å². The third kappa shape index (κ3) is 4.80. The number of rotatable bonds is 6. The van der Waals surface area contributed by atoms with Gasteiger partial charge in [0.25, 0.3) is 0 Å². The molecule has 1 heterocycles. The molecule has 0 radical (unpaired) electrons. The molecule has 5 nitrogen and oxygen atoms in total. The van der Waals surface area contributed by atoms with Crippen LogP contribution in [0.1, 0.15) is 26.3 Å². The first kappa shape index (κ1) is 15.9. The van der Waals surface area contributed by atoms with Crippen molar-refractivity contribution in [3.05, 3.63) is 23.9 Å². The lowest BCUT2D eigenvalue weighted by Crippen LogP contribution is -2.34. The Morgan fingerprint density at radius 2 is 2.05 bits per heavy atom. The first-order valence-electron chi connectivity index (χ1n) is 6.18.